The van der Waals surface area contributed by atoms with Crippen LogP contribution in [0.5, 0.6) is 0 Å². The van der Waals surface area contributed by atoms with Gasteiger partial charge in [-0.25, -0.2) is 4.98 Å². The van der Waals surface area contributed by atoms with Gasteiger partial charge in [-0.3, -0.25) is 0 Å². The Balaban J connectivity index is 2.66. The van der Waals surface area contributed by atoms with E-state index in [4.69, 9.17) is 0 Å². The fourth-order valence-electron chi connectivity index (χ4n) is 1.87. The summed E-state index contributed by atoms with van der Waals surface area (Å²) in [5.41, 5.74) is 0. The largest absolute Gasteiger partial charge is 0.333 e. The van der Waals surface area contributed by atoms with Gasteiger partial charge in [0.1, 0.15) is 5.82 Å². The van der Waals surface area contributed by atoms with Crippen molar-refractivity contribution in [3.8, 4) is 0 Å². The first-order chi connectivity index (χ1) is 7.22. The maximum Gasteiger partial charge on any atom is 0.108 e. The molecule has 86 valence electrons. The lowest BCUT2D eigenvalue weighted by atomic mass is 9.99. The minimum Gasteiger partial charge on any atom is -0.333 e. The van der Waals surface area contributed by atoms with Crippen molar-refractivity contribution < 1.29 is 0 Å². The molecule has 0 saturated carbocycles. The molecule has 1 rings (SSSR count). The second kappa shape index (κ2) is 5.91. The molecule has 0 aliphatic heterocycles. The molecule has 0 aromatic carbocycles. The fourth-order valence-corrected chi connectivity index (χ4v) is 1.87. The maximum absolute atomic E-state index is 4.34. The van der Waals surface area contributed by atoms with E-state index in [1.165, 1.54) is 12.2 Å². The summed E-state index contributed by atoms with van der Waals surface area (Å²) in [6.07, 6.45) is 6.18. The normalized spacial score (nSPS) is 15.2. The first-order valence-corrected chi connectivity index (χ1v) is 5.90. The third kappa shape index (κ3) is 3.06. The van der Waals surface area contributed by atoms with Crippen LogP contribution < -0.4 is 5.32 Å². The number of likely N-dealkylation sites (N-methyl/N-ethyl adjacent to an activating group) is 1. The van der Waals surface area contributed by atoms with Gasteiger partial charge in [0.05, 0.1) is 0 Å². The molecule has 0 bridgehead atoms. The molecule has 1 aromatic rings. The van der Waals surface area contributed by atoms with Gasteiger partial charge in [-0.2, -0.15) is 0 Å². The van der Waals surface area contributed by atoms with Gasteiger partial charge in [0.2, 0.25) is 0 Å². The highest BCUT2D eigenvalue weighted by molar-refractivity contribution is 4.93. The average molecular weight is 209 g/mol. The zero-order chi connectivity index (χ0) is 11.3. The summed E-state index contributed by atoms with van der Waals surface area (Å²) in [6, 6.07) is 0.537. The SMILES string of the molecule is CCc1nccn1CC(NC)C(C)CC. The highest BCUT2D eigenvalue weighted by Gasteiger charge is 2.15. The summed E-state index contributed by atoms with van der Waals surface area (Å²) in [5.74, 6) is 1.88. The second-order valence-electron chi connectivity index (χ2n) is 4.13. The van der Waals surface area contributed by atoms with E-state index in [2.05, 4.69) is 41.8 Å². The molecular weight excluding hydrogens is 186 g/mol. The maximum atomic E-state index is 4.34. The number of rotatable bonds is 6. The minimum atomic E-state index is 0.537. The van der Waals surface area contributed by atoms with Crippen LogP contribution in [0.1, 0.15) is 33.0 Å². The lowest BCUT2D eigenvalue weighted by Crippen LogP contribution is -2.36. The monoisotopic (exact) mass is 209 g/mol. The average Bonchev–Trinajstić information content (AvgIpc) is 2.71. The van der Waals surface area contributed by atoms with E-state index in [9.17, 15) is 0 Å². The predicted octanol–water partition coefficient (Wildman–Crippen LogP) is 2.08. The Morgan fingerprint density at radius 1 is 1.47 bits per heavy atom. The van der Waals surface area contributed by atoms with Crippen molar-refractivity contribution in [2.75, 3.05) is 7.05 Å². The van der Waals surface area contributed by atoms with Gasteiger partial charge in [-0.05, 0) is 13.0 Å². The van der Waals surface area contributed by atoms with Crippen LogP contribution >= 0.6 is 0 Å². The summed E-state index contributed by atoms with van der Waals surface area (Å²) >= 11 is 0. The Bertz CT molecular complexity index is 280. The van der Waals surface area contributed by atoms with E-state index in [-0.39, 0.29) is 0 Å². The van der Waals surface area contributed by atoms with Crippen LogP contribution in [-0.2, 0) is 13.0 Å². The van der Waals surface area contributed by atoms with Crippen LogP contribution in [0.4, 0.5) is 0 Å². The van der Waals surface area contributed by atoms with E-state index in [0.717, 1.165) is 13.0 Å². The number of aryl methyl sites for hydroxylation is 1. The number of hydrogen-bond donors (Lipinski definition) is 1. The number of hydrogen-bond acceptors (Lipinski definition) is 2. The van der Waals surface area contributed by atoms with Crippen molar-refractivity contribution in [3.63, 3.8) is 0 Å². The van der Waals surface area contributed by atoms with Gasteiger partial charge in [0.25, 0.3) is 0 Å². The Kier molecular flexibility index (Phi) is 4.82. The molecule has 0 saturated heterocycles. The standard InChI is InChI=1S/C12H23N3/c1-5-10(3)11(13-4)9-15-8-7-14-12(15)6-2/h7-8,10-11,13H,5-6,9H2,1-4H3. The zero-order valence-electron chi connectivity index (χ0n) is 10.3. The van der Waals surface area contributed by atoms with Crippen LogP contribution in [0.25, 0.3) is 0 Å². The van der Waals surface area contributed by atoms with E-state index in [0.29, 0.717) is 12.0 Å². The number of nitrogens with one attached hydrogen (secondary N) is 1. The molecule has 3 nitrogen and oxygen atoms in total. The molecule has 2 unspecified atom stereocenters. The summed E-state index contributed by atoms with van der Waals surface area (Å²) in [4.78, 5) is 4.34. The van der Waals surface area contributed by atoms with Crippen molar-refractivity contribution in [2.45, 2.75) is 46.2 Å². The van der Waals surface area contributed by atoms with Crippen molar-refractivity contribution in [1.82, 2.24) is 14.9 Å². The Morgan fingerprint density at radius 2 is 2.20 bits per heavy atom. The molecule has 3 heteroatoms. The third-order valence-electron chi connectivity index (χ3n) is 3.21. The molecule has 0 radical (unpaired) electrons. The van der Waals surface area contributed by atoms with Crippen molar-refractivity contribution >= 4 is 0 Å². The van der Waals surface area contributed by atoms with Crippen molar-refractivity contribution in [2.24, 2.45) is 5.92 Å². The van der Waals surface area contributed by atoms with Gasteiger partial charge in [-0.1, -0.05) is 27.2 Å². The molecule has 0 amide bonds. The molecule has 0 aliphatic carbocycles. The van der Waals surface area contributed by atoms with Crippen LogP contribution in [0.15, 0.2) is 12.4 Å². The van der Waals surface area contributed by atoms with Crippen molar-refractivity contribution in [1.29, 1.82) is 0 Å². The first-order valence-electron chi connectivity index (χ1n) is 5.90. The van der Waals surface area contributed by atoms with Gasteiger partial charge in [0, 0.05) is 31.4 Å². The quantitative estimate of drug-likeness (QED) is 0.777. The first kappa shape index (κ1) is 12.2. The van der Waals surface area contributed by atoms with Crippen molar-refractivity contribution in [3.05, 3.63) is 18.2 Å². The molecule has 15 heavy (non-hydrogen) atoms. The van der Waals surface area contributed by atoms with E-state index in [1.807, 2.05) is 13.2 Å². The fraction of sp³-hybridized carbons (Fsp3) is 0.750. The molecule has 1 heterocycles. The summed E-state index contributed by atoms with van der Waals surface area (Å²) in [6.45, 7) is 7.71. The van der Waals surface area contributed by atoms with Gasteiger partial charge in [-0.15, -0.1) is 0 Å². The second-order valence-corrected chi connectivity index (χ2v) is 4.13. The smallest absolute Gasteiger partial charge is 0.108 e. The number of aromatic nitrogens is 2. The third-order valence-corrected chi connectivity index (χ3v) is 3.21. The van der Waals surface area contributed by atoms with E-state index >= 15 is 0 Å². The van der Waals surface area contributed by atoms with E-state index in [1.54, 1.807) is 0 Å². The van der Waals surface area contributed by atoms with Gasteiger partial charge in [0.15, 0.2) is 0 Å². The Hall–Kier alpha value is -0.830. The number of imidazole rings is 1. The zero-order valence-corrected chi connectivity index (χ0v) is 10.3. The molecule has 0 fully saturated rings. The number of nitrogens with zero attached hydrogens (tertiary/aromatic N) is 2. The Morgan fingerprint density at radius 3 is 2.73 bits per heavy atom. The van der Waals surface area contributed by atoms with Crippen LogP contribution in [0, 0.1) is 5.92 Å². The molecule has 0 aliphatic rings. The summed E-state index contributed by atoms with van der Waals surface area (Å²) in [5, 5.41) is 3.39. The molecule has 0 spiro atoms. The Labute approximate surface area is 92.9 Å². The lowest BCUT2D eigenvalue weighted by Gasteiger charge is -2.23. The van der Waals surface area contributed by atoms with Gasteiger partial charge >= 0.3 is 0 Å². The topological polar surface area (TPSA) is 29.9 Å². The summed E-state index contributed by atoms with van der Waals surface area (Å²) < 4.78 is 2.26. The molecule has 1 aromatic heterocycles. The highest BCUT2D eigenvalue weighted by Crippen LogP contribution is 2.11. The predicted molar refractivity (Wildman–Crippen MR) is 63.9 cm³/mol. The van der Waals surface area contributed by atoms with Crippen LogP contribution in [0.3, 0.4) is 0 Å². The molecular formula is C12H23N3. The summed E-state index contributed by atoms with van der Waals surface area (Å²) in [7, 11) is 2.04. The van der Waals surface area contributed by atoms with E-state index < -0.39 is 0 Å². The van der Waals surface area contributed by atoms with Crippen LogP contribution in [0.2, 0.25) is 0 Å². The van der Waals surface area contributed by atoms with Crippen LogP contribution in [-0.4, -0.2) is 22.6 Å². The highest BCUT2D eigenvalue weighted by atomic mass is 15.1. The molecule has 1 N–H and O–H groups in total. The van der Waals surface area contributed by atoms with Gasteiger partial charge < -0.3 is 9.88 Å². The minimum absolute atomic E-state index is 0.537. The lowest BCUT2D eigenvalue weighted by molar-refractivity contribution is 0.344. The molecule has 2 atom stereocenters.